The molecule has 1 unspecified atom stereocenters. The molecule has 102 valence electrons. The Bertz CT molecular complexity index is 524. The van der Waals surface area contributed by atoms with E-state index in [0.717, 1.165) is 24.1 Å². The van der Waals surface area contributed by atoms with Crippen molar-refractivity contribution >= 4 is 5.91 Å². The van der Waals surface area contributed by atoms with Crippen molar-refractivity contribution < 1.29 is 4.79 Å². The zero-order valence-electron chi connectivity index (χ0n) is 12.3. The number of rotatable bonds is 1. The van der Waals surface area contributed by atoms with E-state index < -0.39 is 5.41 Å². The molecule has 2 rings (SSSR count). The summed E-state index contributed by atoms with van der Waals surface area (Å²) in [5.74, 6) is 0.0646. The van der Waals surface area contributed by atoms with Crippen molar-refractivity contribution in [1.29, 1.82) is 0 Å². The Morgan fingerprint density at radius 2 is 2.00 bits per heavy atom. The summed E-state index contributed by atoms with van der Waals surface area (Å²) in [6, 6.07) is 8.42. The number of hydrogen-bond donors (Lipinski definition) is 1. The van der Waals surface area contributed by atoms with Crippen molar-refractivity contribution in [2.24, 2.45) is 0 Å². The highest BCUT2D eigenvalue weighted by Gasteiger charge is 2.38. The highest BCUT2D eigenvalue weighted by molar-refractivity contribution is 5.90. The maximum Gasteiger partial charge on any atom is 0.234 e. The molecule has 0 aliphatic carbocycles. The summed E-state index contributed by atoms with van der Waals surface area (Å²) < 4.78 is 0. The van der Waals surface area contributed by atoms with Gasteiger partial charge in [-0.3, -0.25) is 4.79 Å². The molecule has 1 aromatic rings. The number of benzene rings is 1. The van der Waals surface area contributed by atoms with Crippen LogP contribution < -0.4 is 5.32 Å². The van der Waals surface area contributed by atoms with Gasteiger partial charge in [-0.25, -0.2) is 0 Å². The van der Waals surface area contributed by atoms with E-state index in [0.29, 0.717) is 0 Å². The minimum Gasteiger partial charge on any atom is -0.330 e. The number of nitrogens with one attached hydrogen (secondary N) is 1. The van der Waals surface area contributed by atoms with Crippen molar-refractivity contribution in [3.63, 3.8) is 0 Å². The molecule has 2 heteroatoms. The molecule has 1 amide bonds. The van der Waals surface area contributed by atoms with Crippen LogP contribution in [0.5, 0.6) is 0 Å². The third-order valence-electron chi connectivity index (χ3n) is 4.08. The minimum absolute atomic E-state index is 0.0646. The lowest BCUT2D eigenvalue weighted by atomic mass is 9.73. The summed E-state index contributed by atoms with van der Waals surface area (Å²) in [4.78, 5) is 12.3. The van der Waals surface area contributed by atoms with Crippen LogP contribution in [0.15, 0.2) is 36.5 Å². The predicted molar refractivity (Wildman–Crippen MR) is 79.0 cm³/mol. The van der Waals surface area contributed by atoms with Gasteiger partial charge in [0.05, 0.1) is 5.41 Å². The third kappa shape index (κ3) is 2.58. The molecule has 1 N–H and O–H groups in total. The highest BCUT2D eigenvalue weighted by Crippen LogP contribution is 2.35. The number of piperidine rings is 1. The molecule has 0 aromatic heterocycles. The van der Waals surface area contributed by atoms with Crippen molar-refractivity contribution in [2.75, 3.05) is 0 Å². The Labute approximate surface area is 115 Å². The highest BCUT2D eigenvalue weighted by atomic mass is 16.2. The first-order chi connectivity index (χ1) is 8.73. The van der Waals surface area contributed by atoms with Gasteiger partial charge in [-0.05, 0) is 36.3 Å². The van der Waals surface area contributed by atoms with Crippen LogP contribution in [0.2, 0.25) is 0 Å². The second-order valence-corrected chi connectivity index (χ2v) is 6.72. The van der Waals surface area contributed by atoms with Gasteiger partial charge >= 0.3 is 0 Å². The summed E-state index contributed by atoms with van der Waals surface area (Å²) in [6.07, 6.45) is 1.67. The fourth-order valence-electron chi connectivity index (χ4n) is 2.48. The lowest BCUT2D eigenvalue weighted by Crippen LogP contribution is -2.45. The van der Waals surface area contributed by atoms with E-state index in [1.165, 1.54) is 5.56 Å². The molecule has 0 spiro atoms. The molecule has 1 aliphatic heterocycles. The fraction of sp³-hybridized carbons (Fsp3) is 0.471. The van der Waals surface area contributed by atoms with Crippen molar-refractivity contribution in [2.45, 2.75) is 51.4 Å². The first-order valence-corrected chi connectivity index (χ1v) is 6.84. The van der Waals surface area contributed by atoms with E-state index in [1.54, 1.807) is 0 Å². The van der Waals surface area contributed by atoms with Gasteiger partial charge in [0.1, 0.15) is 0 Å². The molecule has 1 atom stereocenters. The van der Waals surface area contributed by atoms with Crippen LogP contribution in [0.3, 0.4) is 0 Å². The Morgan fingerprint density at radius 3 is 2.58 bits per heavy atom. The monoisotopic (exact) mass is 257 g/mol. The maximum atomic E-state index is 12.3. The second kappa shape index (κ2) is 4.52. The standard InChI is InChI=1S/C17H23NO/c1-12-9-10-17(5,15(19)18-12)14-8-6-7-13(11-14)16(2,3)4/h6-8,11H,1,9-10H2,2-5H3,(H,18,19). The van der Waals surface area contributed by atoms with Gasteiger partial charge in [0.2, 0.25) is 5.91 Å². The third-order valence-corrected chi connectivity index (χ3v) is 4.08. The predicted octanol–water partition coefficient (Wildman–Crippen LogP) is 3.67. The number of carbonyl (C=O) groups excluding carboxylic acids is 1. The van der Waals surface area contributed by atoms with Crippen LogP contribution in [0.1, 0.15) is 51.7 Å². The lowest BCUT2D eigenvalue weighted by Gasteiger charge is -2.34. The summed E-state index contributed by atoms with van der Waals surface area (Å²) in [6.45, 7) is 12.4. The molecule has 0 bridgehead atoms. The molecule has 2 nitrogen and oxygen atoms in total. The molecule has 1 saturated heterocycles. The summed E-state index contributed by atoms with van der Waals surface area (Å²) in [7, 11) is 0. The maximum absolute atomic E-state index is 12.3. The first-order valence-electron chi connectivity index (χ1n) is 6.84. The first kappa shape index (κ1) is 13.9. The lowest BCUT2D eigenvalue weighted by molar-refractivity contribution is -0.126. The van der Waals surface area contributed by atoms with Gasteiger partial charge in [0.15, 0.2) is 0 Å². The average molecular weight is 257 g/mol. The Morgan fingerprint density at radius 1 is 1.32 bits per heavy atom. The number of allylic oxidation sites excluding steroid dienone is 1. The minimum atomic E-state index is -0.442. The van der Waals surface area contributed by atoms with E-state index >= 15 is 0 Å². The molecule has 0 saturated carbocycles. The molecule has 1 aromatic carbocycles. The van der Waals surface area contributed by atoms with Gasteiger partial charge < -0.3 is 5.32 Å². The van der Waals surface area contributed by atoms with E-state index in [9.17, 15) is 4.79 Å². The van der Waals surface area contributed by atoms with Crippen LogP contribution in [0.25, 0.3) is 0 Å². The Balaban J connectivity index is 2.41. The zero-order chi connectivity index (χ0) is 14.3. The van der Waals surface area contributed by atoms with Crippen LogP contribution in [-0.4, -0.2) is 5.91 Å². The topological polar surface area (TPSA) is 29.1 Å². The van der Waals surface area contributed by atoms with Gasteiger partial charge in [-0.1, -0.05) is 51.6 Å². The second-order valence-electron chi connectivity index (χ2n) is 6.72. The average Bonchev–Trinajstić information content (AvgIpc) is 2.33. The number of hydrogen-bond acceptors (Lipinski definition) is 1. The SMILES string of the molecule is C=C1CCC(C)(c2cccc(C(C)(C)C)c2)C(=O)N1. The normalized spacial score (nSPS) is 24.2. The van der Waals surface area contributed by atoms with Crippen molar-refractivity contribution in [3.05, 3.63) is 47.7 Å². The van der Waals surface area contributed by atoms with Crippen LogP contribution in [0.4, 0.5) is 0 Å². The Hall–Kier alpha value is -1.57. The summed E-state index contributed by atoms with van der Waals surface area (Å²) >= 11 is 0. The van der Waals surface area contributed by atoms with E-state index in [1.807, 2.05) is 6.92 Å². The largest absolute Gasteiger partial charge is 0.330 e. The number of carbonyl (C=O) groups is 1. The van der Waals surface area contributed by atoms with Gasteiger partial charge in [-0.2, -0.15) is 0 Å². The zero-order valence-corrected chi connectivity index (χ0v) is 12.3. The van der Waals surface area contributed by atoms with Gasteiger partial charge in [0.25, 0.3) is 0 Å². The molecule has 1 heterocycles. The molecule has 0 radical (unpaired) electrons. The molecule has 19 heavy (non-hydrogen) atoms. The number of amides is 1. The summed E-state index contributed by atoms with van der Waals surface area (Å²) in [5, 5.41) is 2.89. The Kier molecular flexibility index (Phi) is 3.29. The molecular weight excluding hydrogens is 234 g/mol. The fourth-order valence-corrected chi connectivity index (χ4v) is 2.48. The van der Waals surface area contributed by atoms with Crippen LogP contribution in [-0.2, 0) is 15.6 Å². The van der Waals surface area contributed by atoms with E-state index in [-0.39, 0.29) is 11.3 Å². The van der Waals surface area contributed by atoms with Gasteiger partial charge in [0, 0.05) is 5.70 Å². The van der Waals surface area contributed by atoms with Crippen LogP contribution in [0, 0.1) is 0 Å². The van der Waals surface area contributed by atoms with E-state index in [2.05, 4.69) is 56.9 Å². The molecule has 1 aliphatic rings. The van der Waals surface area contributed by atoms with Crippen LogP contribution >= 0.6 is 0 Å². The molecule has 1 fully saturated rings. The molecular formula is C17H23NO. The van der Waals surface area contributed by atoms with E-state index in [4.69, 9.17) is 0 Å². The van der Waals surface area contributed by atoms with Gasteiger partial charge in [-0.15, -0.1) is 0 Å². The van der Waals surface area contributed by atoms with Crippen molar-refractivity contribution in [1.82, 2.24) is 5.32 Å². The van der Waals surface area contributed by atoms with Crippen molar-refractivity contribution in [3.8, 4) is 0 Å². The quantitative estimate of drug-likeness (QED) is 0.817. The summed E-state index contributed by atoms with van der Waals surface area (Å²) in [5.41, 5.74) is 2.85. The smallest absolute Gasteiger partial charge is 0.234 e.